The van der Waals surface area contributed by atoms with E-state index in [1.165, 1.54) is 0 Å². The van der Waals surface area contributed by atoms with Crippen molar-refractivity contribution in [3.05, 3.63) is 28.5 Å². The van der Waals surface area contributed by atoms with Crippen LogP contribution in [0.25, 0.3) is 11.0 Å². The fourth-order valence-corrected chi connectivity index (χ4v) is 2.13. The summed E-state index contributed by atoms with van der Waals surface area (Å²) in [6.07, 6.45) is 0. The maximum absolute atomic E-state index is 11.4. The monoisotopic (exact) mass is 274 g/mol. The minimum absolute atomic E-state index is 0.371. The van der Waals surface area contributed by atoms with Gasteiger partial charge in [-0.15, -0.1) is 0 Å². The molecule has 0 atom stereocenters. The fourth-order valence-electron chi connectivity index (χ4n) is 1.85. The number of hydrogen-bond acceptors (Lipinski definition) is 3. The summed E-state index contributed by atoms with van der Waals surface area (Å²) in [4.78, 5) is 14.5. The standard InChI is InChI=1S/C13H14N4OS/c1-13(2,11(15)18)7-17-10-5-8(6-14)3-4-9(10)16-12(17)19/h3-5H,7H2,1-2H3,(H2,15,18)(H,16,19). The number of fused-ring (bicyclic) bond motifs is 1. The highest BCUT2D eigenvalue weighted by Crippen LogP contribution is 2.23. The molecule has 19 heavy (non-hydrogen) atoms. The number of primary amides is 1. The van der Waals surface area contributed by atoms with Crippen LogP contribution in [-0.4, -0.2) is 15.5 Å². The van der Waals surface area contributed by atoms with Crippen molar-refractivity contribution in [1.82, 2.24) is 9.55 Å². The first-order chi connectivity index (χ1) is 8.85. The van der Waals surface area contributed by atoms with E-state index in [1.54, 1.807) is 36.6 Å². The molecule has 0 aliphatic rings. The zero-order chi connectivity index (χ0) is 14.2. The normalized spacial score (nSPS) is 11.4. The van der Waals surface area contributed by atoms with Crippen LogP contribution in [0, 0.1) is 21.5 Å². The summed E-state index contributed by atoms with van der Waals surface area (Å²) in [7, 11) is 0. The SMILES string of the molecule is CC(C)(Cn1c(=S)[nH]c2ccc(C#N)cc21)C(N)=O. The molecule has 1 aromatic heterocycles. The number of aromatic amines is 1. The van der Waals surface area contributed by atoms with Gasteiger partial charge in [-0.25, -0.2) is 0 Å². The molecule has 3 N–H and O–H groups in total. The van der Waals surface area contributed by atoms with Crippen LogP contribution < -0.4 is 5.73 Å². The van der Waals surface area contributed by atoms with Crippen LogP contribution in [0.4, 0.5) is 0 Å². The van der Waals surface area contributed by atoms with Crippen molar-refractivity contribution in [3.63, 3.8) is 0 Å². The number of nitrogens with zero attached hydrogens (tertiary/aromatic N) is 2. The van der Waals surface area contributed by atoms with Gasteiger partial charge in [-0.05, 0) is 44.3 Å². The van der Waals surface area contributed by atoms with Gasteiger partial charge in [0, 0.05) is 6.54 Å². The lowest BCUT2D eigenvalue weighted by atomic mass is 9.92. The van der Waals surface area contributed by atoms with Crippen molar-refractivity contribution in [2.45, 2.75) is 20.4 Å². The molecule has 0 fully saturated rings. The molecule has 6 heteroatoms. The van der Waals surface area contributed by atoms with Crippen LogP contribution >= 0.6 is 12.2 Å². The quantitative estimate of drug-likeness (QED) is 0.840. The third kappa shape index (κ3) is 2.37. The first kappa shape index (κ1) is 13.3. The van der Waals surface area contributed by atoms with Gasteiger partial charge in [0.1, 0.15) is 0 Å². The maximum Gasteiger partial charge on any atom is 0.224 e. The van der Waals surface area contributed by atoms with Gasteiger partial charge in [-0.2, -0.15) is 5.26 Å². The van der Waals surface area contributed by atoms with Crippen molar-refractivity contribution in [2.75, 3.05) is 0 Å². The second kappa shape index (κ2) is 4.52. The van der Waals surface area contributed by atoms with Crippen LogP contribution in [-0.2, 0) is 11.3 Å². The average Bonchev–Trinajstić information content (AvgIpc) is 2.64. The highest BCUT2D eigenvalue weighted by molar-refractivity contribution is 7.71. The molecule has 0 saturated carbocycles. The van der Waals surface area contributed by atoms with Crippen LogP contribution in [0.3, 0.4) is 0 Å². The number of hydrogen-bond donors (Lipinski definition) is 2. The first-order valence-electron chi connectivity index (χ1n) is 5.78. The highest BCUT2D eigenvalue weighted by Gasteiger charge is 2.26. The van der Waals surface area contributed by atoms with E-state index in [2.05, 4.69) is 11.1 Å². The fraction of sp³-hybridized carbons (Fsp3) is 0.308. The van der Waals surface area contributed by atoms with Gasteiger partial charge in [0.05, 0.1) is 28.1 Å². The van der Waals surface area contributed by atoms with E-state index in [-0.39, 0.29) is 5.91 Å². The molecule has 2 rings (SSSR count). The maximum atomic E-state index is 11.4. The van der Waals surface area contributed by atoms with Crippen LogP contribution in [0.2, 0.25) is 0 Å². The number of carbonyl (C=O) groups excluding carboxylic acids is 1. The number of nitriles is 1. The molecular formula is C13H14N4OS. The molecule has 1 amide bonds. The third-order valence-electron chi connectivity index (χ3n) is 3.12. The van der Waals surface area contributed by atoms with Crippen molar-refractivity contribution in [2.24, 2.45) is 11.1 Å². The van der Waals surface area contributed by atoms with Crippen LogP contribution in [0.15, 0.2) is 18.2 Å². The van der Waals surface area contributed by atoms with Crippen LogP contribution in [0.5, 0.6) is 0 Å². The molecule has 0 unspecified atom stereocenters. The zero-order valence-corrected chi connectivity index (χ0v) is 11.5. The molecule has 98 valence electrons. The smallest absolute Gasteiger partial charge is 0.224 e. The van der Waals surface area contributed by atoms with Gasteiger partial charge in [-0.1, -0.05) is 0 Å². The lowest BCUT2D eigenvalue weighted by Gasteiger charge is -2.21. The molecule has 2 aromatic rings. The zero-order valence-electron chi connectivity index (χ0n) is 10.7. The number of rotatable bonds is 3. The largest absolute Gasteiger partial charge is 0.369 e. The predicted octanol–water partition coefficient (Wildman–Crippen LogP) is 2.08. The molecule has 5 nitrogen and oxygen atoms in total. The number of benzene rings is 1. The van der Waals surface area contributed by atoms with E-state index in [9.17, 15) is 4.79 Å². The molecule has 0 saturated heterocycles. The van der Waals surface area contributed by atoms with E-state index in [0.717, 1.165) is 11.0 Å². The summed E-state index contributed by atoms with van der Waals surface area (Å²) in [5, 5.41) is 8.95. The number of carbonyl (C=O) groups is 1. The number of nitrogens with two attached hydrogens (primary N) is 1. The average molecular weight is 274 g/mol. The lowest BCUT2D eigenvalue weighted by molar-refractivity contribution is -0.126. The molecular weight excluding hydrogens is 260 g/mol. The Bertz CT molecular complexity index is 748. The Morgan fingerprint density at radius 1 is 1.58 bits per heavy atom. The van der Waals surface area contributed by atoms with Crippen LogP contribution in [0.1, 0.15) is 19.4 Å². The Balaban J connectivity index is 2.60. The predicted molar refractivity (Wildman–Crippen MR) is 74.8 cm³/mol. The molecule has 0 spiro atoms. The molecule has 0 aliphatic heterocycles. The summed E-state index contributed by atoms with van der Waals surface area (Å²) in [5.41, 5.74) is 6.87. The Hall–Kier alpha value is -2.13. The van der Waals surface area contributed by atoms with Crippen molar-refractivity contribution in [3.8, 4) is 6.07 Å². The minimum Gasteiger partial charge on any atom is -0.369 e. The van der Waals surface area contributed by atoms with Gasteiger partial charge in [-0.3, -0.25) is 4.79 Å². The molecule has 0 aliphatic carbocycles. The van der Waals surface area contributed by atoms with E-state index in [0.29, 0.717) is 16.9 Å². The highest BCUT2D eigenvalue weighted by atomic mass is 32.1. The molecule has 1 heterocycles. The molecule has 0 bridgehead atoms. The van der Waals surface area contributed by atoms with Gasteiger partial charge in [0.15, 0.2) is 4.77 Å². The van der Waals surface area contributed by atoms with Gasteiger partial charge >= 0.3 is 0 Å². The third-order valence-corrected chi connectivity index (χ3v) is 3.45. The van der Waals surface area contributed by atoms with Crippen molar-refractivity contribution >= 4 is 29.2 Å². The first-order valence-corrected chi connectivity index (χ1v) is 6.18. The van der Waals surface area contributed by atoms with Gasteiger partial charge < -0.3 is 15.3 Å². The van der Waals surface area contributed by atoms with Gasteiger partial charge in [0.2, 0.25) is 5.91 Å². The number of amides is 1. The van der Waals surface area contributed by atoms with E-state index in [1.807, 2.05) is 0 Å². The van der Waals surface area contributed by atoms with E-state index >= 15 is 0 Å². The second-order valence-electron chi connectivity index (χ2n) is 5.11. The topological polar surface area (TPSA) is 87.6 Å². The summed E-state index contributed by atoms with van der Waals surface area (Å²) >= 11 is 5.26. The Kier molecular flexibility index (Phi) is 3.16. The van der Waals surface area contributed by atoms with Crippen molar-refractivity contribution < 1.29 is 4.79 Å². The minimum atomic E-state index is -0.712. The number of H-pyrrole nitrogens is 1. The number of nitrogens with one attached hydrogen (secondary N) is 1. The number of aromatic nitrogens is 2. The van der Waals surface area contributed by atoms with Gasteiger partial charge in [0.25, 0.3) is 0 Å². The Morgan fingerprint density at radius 2 is 2.26 bits per heavy atom. The Labute approximate surface area is 115 Å². The second-order valence-corrected chi connectivity index (χ2v) is 5.49. The lowest BCUT2D eigenvalue weighted by Crippen LogP contribution is -2.35. The summed E-state index contributed by atoms with van der Waals surface area (Å²) in [6, 6.07) is 7.36. The molecule has 0 radical (unpaired) electrons. The van der Waals surface area contributed by atoms with E-state index < -0.39 is 5.41 Å². The number of imidazole rings is 1. The Morgan fingerprint density at radius 3 is 2.84 bits per heavy atom. The van der Waals surface area contributed by atoms with E-state index in [4.69, 9.17) is 23.2 Å². The summed E-state index contributed by atoms with van der Waals surface area (Å²) < 4.78 is 2.32. The summed E-state index contributed by atoms with van der Waals surface area (Å²) in [6.45, 7) is 3.91. The summed E-state index contributed by atoms with van der Waals surface area (Å²) in [5.74, 6) is -0.389. The van der Waals surface area contributed by atoms with Crippen molar-refractivity contribution in [1.29, 1.82) is 5.26 Å². The molecule has 1 aromatic carbocycles.